The number of hydrogen-bond donors (Lipinski definition) is 1. The van der Waals surface area contributed by atoms with Gasteiger partial charge in [0, 0.05) is 12.6 Å². The van der Waals surface area contributed by atoms with E-state index in [1.54, 1.807) is 0 Å². The highest BCUT2D eigenvalue weighted by Crippen LogP contribution is 2.31. The zero-order chi connectivity index (χ0) is 15.0. The highest BCUT2D eigenvalue weighted by Gasteiger charge is 2.24. The number of benzene rings is 1. The lowest BCUT2D eigenvalue weighted by atomic mass is 9.91. The zero-order valence-electron chi connectivity index (χ0n) is 13.5. The summed E-state index contributed by atoms with van der Waals surface area (Å²) < 4.78 is 2.18. The molecular formula is C18H25N3. The molecule has 3 rings (SSSR count). The molecule has 1 atom stereocenters. The van der Waals surface area contributed by atoms with Crippen LogP contribution in [0.15, 0.2) is 30.3 Å². The highest BCUT2D eigenvalue weighted by molar-refractivity contribution is 5.42. The minimum Gasteiger partial charge on any atom is -0.370 e. The molecule has 0 saturated heterocycles. The third-order valence-electron chi connectivity index (χ3n) is 3.98. The summed E-state index contributed by atoms with van der Waals surface area (Å²) >= 11 is 0. The van der Waals surface area contributed by atoms with Crippen LogP contribution in [0.2, 0.25) is 0 Å². The topological polar surface area (TPSA) is 29.9 Å². The van der Waals surface area contributed by atoms with E-state index in [-0.39, 0.29) is 5.41 Å². The largest absolute Gasteiger partial charge is 0.370 e. The normalized spacial score (nSPS) is 18.2. The van der Waals surface area contributed by atoms with Crippen molar-refractivity contribution in [3.8, 4) is 0 Å². The Kier molecular flexibility index (Phi) is 3.52. The van der Waals surface area contributed by atoms with Crippen molar-refractivity contribution in [2.45, 2.75) is 46.6 Å². The predicted octanol–water partition coefficient (Wildman–Crippen LogP) is 4.19. The van der Waals surface area contributed by atoms with Gasteiger partial charge in [0.05, 0.1) is 11.7 Å². The summed E-state index contributed by atoms with van der Waals surface area (Å²) in [7, 11) is 0. The number of hydrogen-bond acceptors (Lipinski definition) is 2. The molecule has 112 valence electrons. The third-order valence-corrected chi connectivity index (χ3v) is 3.98. The minimum atomic E-state index is 0.268. The molecule has 2 aromatic rings. The maximum Gasteiger partial charge on any atom is 0.125 e. The average molecular weight is 283 g/mol. The van der Waals surface area contributed by atoms with Crippen molar-refractivity contribution in [3.05, 3.63) is 47.2 Å². The second-order valence-corrected chi connectivity index (χ2v) is 7.34. The standard InChI is InChI=1S/C18H25N3/c1-13-5-7-14(8-6-13)16-9-10-19-17-11-15(20-21(16)17)12-18(2,3)4/h5-8,11,16,19H,9-10,12H2,1-4H3. The van der Waals surface area contributed by atoms with Gasteiger partial charge in [0.2, 0.25) is 0 Å². The average Bonchev–Trinajstić information content (AvgIpc) is 2.79. The van der Waals surface area contributed by atoms with Crippen LogP contribution in [0.4, 0.5) is 5.82 Å². The van der Waals surface area contributed by atoms with Crippen LogP contribution in [0.25, 0.3) is 0 Å². The molecule has 1 aromatic carbocycles. The summed E-state index contributed by atoms with van der Waals surface area (Å²) in [5.41, 5.74) is 4.11. The third kappa shape index (κ3) is 3.12. The van der Waals surface area contributed by atoms with Crippen molar-refractivity contribution < 1.29 is 0 Å². The molecule has 2 heterocycles. The van der Waals surface area contributed by atoms with Crippen LogP contribution in [0, 0.1) is 12.3 Å². The van der Waals surface area contributed by atoms with Crippen LogP contribution in [0.5, 0.6) is 0 Å². The molecule has 3 heteroatoms. The monoisotopic (exact) mass is 283 g/mol. The van der Waals surface area contributed by atoms with Crippen molar-refractivity contribution in [2.75, 3.05) is 11.9 Å². The molecule has 0 bridgehead atoms. The fourth-order valence-corrected chi connectivity index (χ4v) is 3.00. The van der Waals surface area contributed by atoms with E-state index in [1.807, 2.05) is 0 Å². The Morgan fingerprint density at radius 1 is 1.24 bits per heavy atom. The number of rotatable bonds is 2. The second kappa shape index (κ2) is 5.21. The van der Waals surface area contributed by atoms with Crippen LogP contribution in [-0.2, 0) is 6.42 Å². The molecule has 0 aliphatic carbocycles. The minimum absolute atomic E-state index is 0.268. The lowest BCUT2D eigenvalue weighted by Crippen LogP contribution is -2.24. The molecule has 1 aliphatic rings. The molecular weight excluding hydrogens is 258 g/mol. The molecule has 1 aliphatic heterocycles. The fraction of sp³-hybridized carbons (Fsp3) is 0.500. The van der Waals surface area contributed by atoms with Gasteiger partial charge in [-0.25, -0.2) is 4.68 Å². The van der Waals surface area contributed by atoms with Crippen molar-refractivity contribution in [2.24, 2.45) is 5.41 Å². The van der Waals surface area contributed by atoms with E-state index in [4.69, 9.17) is 5.10 Å². The number of fused-ring (bicyclic) bond motifs is 1. The Bertz CT molecular complexity index is 617. The van der Waals surface area contributed by atoms with Crippen molar-refractivity contribution in [1.29, 1.82) is 0 Å². The molecule has 1 aromatic heterocycles. The predicted molar refractivity (Wildman–Crippen MR) is 87.8 cm³/mol. The summed E-state index contributed by atoms with van der Waals surface area (Å²) in [5.74, 6) is 1.16. The fourth-order valence-electron chi connectivity index (χ4n) is 3.00. The number of nitrogens with one attached hydrogen (secondary N) is 1. The Morgan fingerprint density at radius 2 is 1.95 bits per heavy atom. The van der Waals surface area contributed by atoms with Gasteiger partial charge in [0.15, 0.2) is 0 Å². The second-order valence-electron chi connectivity index (χ2n) is 7.34. The smallest absolute Gasteiger partial charge is 0.125 e. The van der Waals surface area contributed by atoms with Gasteiger partial charge >= 0.3 is 0 Å². The highest BCUT2D eigenvalue weighted by atomic mass is 15.4. The Hall–Kier alpha value is -1.77. The van der Waals surface area contributed by atoms with Gasteiger partial charge in [-0.2, -0.15) is 5.10 Å². The summed E-state index contributed by atoms with van der Waals surface area (Å²) in [6.45, 7) is 9.93. The van der Waals surface area contributed by atoms with Crippen molar-refractivity contribution >= 4 is 5.82 Å². The maximum absolute atomic E-state index is 4.87. The van der Waals surface area contributed by atoms with Crippen LogP contribution in [0.3, 0.4) is 0 Å². The van der Waals surface area contributed by atoms with Crippen LogP contribution < -0.4 is 5.32 Å². The van der Waals surface area contributed by atoms with E-state index in [9.17, 15) is 0 Å². The van der Waals surface area contributed by atoms with Crippen LogP contribution in [0.1, 0.15) is 50.1 Å². The van der Waals surface area contributed by atoms with E-state index >= 15 is 0 Å². The lowest BCUT2D eigenvalue weighted by molar-refractivity contribution is 0.399. The SMILES string of the molecule is Cc1ccc(C2CCNc3cc(CC(C)(C)C)nn32)cc1. The molecule has 1 N–H and O–H groups in total. The van der Waals surface area contributed by atoms with Crippen molar-refractivity contribution in [3.63, 3.8) is 0 Å². The van der Waals surface area contributed by atoms with E-state index in [1.165, 1.54) is 16.8 Å². The Labute approximate surface area is 127 Å². The van der Waals surface area contributed by atoms with Crippen LogP contribution >= 0.6 is 0 Å². The Morgan fingerprint density at radius 3 is 2.62 bits per heavy atom. The summed E-state index contributed by atoms with van der Waals surface area (Å²) in [4.78, 5) is 0. The first-order valence-corrected chi connectivity index (χ1v) is 7.81. The van der Waals surface area contributed by atoms with Gasteiger partial charge < -0.3 is 5.32 Å². The number of nitrogens with zero attached hydrogens (tertiary/aromatic N) is 2. The first-order valence-electron chi connectivity index (χ1n) is 7.81. The lowest BCUT2D eigenvalue weighted by Gasteiger charge is -2.26. The quantitative estimate of drug-likeness (QED) is 0.896. The van der Waals surface area contributed by atoms with Gasteiger partial charge in [-0.05, 0) is 30.7 Å². The van der Waals surface area contributed by atoms with Gasteiger partial charge in [-0.3, -0.25) is 0 Å². The van der Waals surface area contributed by atoms with Gasteiger partial charge in [0.25, 0.3) is 0 Å². The van der Waals surface area contributed by atoms with Gasteiger partial charge in [0.1, 0.15) is 5.82 Å². The van der Waals surface area contributed by atoms with Crippen LogP contribution in [-0.4, -0.2) is 16.3 Å². The summed E-state index contributed by atoms with van der Waals surface area (Å²) in [6.07, 6.45) is 2.10. The van der Waals surface area contributed by atoms with Gasteiger partial charge in [-0.1, -0.05) is 50.6 Å². The number of aryl methyl sites for hydroxylation is 1. The molecule has 0 amide bonds. The summed E-state index contributed by atoms with van der Waals surface area (Å²) in [6, 6.07) is 11.4. The van der Waals surface area contributed by atoms with E-state index in [0.717, 1.165) is 25.2 Å². The maximum atomic E-state index is 4.87. The number of aromatic nitrogens is 2. The molecule has 21 heavy (non-hydrogen) atoms. The molecule has 0 saturated carbocycles. The van der Waals surface area contributed by atoms with E-state index in [0.29, 0.717) is 6.04 Å². The van der Waals surface area contributed by atoms with E-state index < -0.39 is 0 Å². The molecule has 3 nitrogen and oxygen atoms in total. The molecule has 1 unspecified atom stereocenters. The first-order chi connectivity index (χ1) is 9.92. The molecule has 0 spiro atoms. The number of anilines is 1. The summed E-state index contributed by atoms with van der Waals surface area (Å²) in [5, 5.41) is 8.35. The first kappa shape index (κ1) is 14.2. The van der Waals surface area contributed by atoms with Crippen molar-refractivity contribution in [1.82, 2.24) is 9.78 Å². The van der Waals surface area contributed by atoms with Gasteiger partial charge in [-0.15, -0.1) is 0 Å². The molecule has 0 radical (unpaired) electrons. The van der Waals surface area contributed by atoms with E-state index in [2.05, 4.69) is 68.0 Å². The Balaban J connectivity index is 1.92. The zero-order valence-corrected chi connectivity index (χ0v) is 13.5. The molecule has 0 fully saturated rings.